The lowest BCUT2D eigenvalue weighted by Gasteiger charge is -2.34. The van der Waals surface area contributed by atoms with E-state index in [1.165, 1.54) is 18.9 Å². The Bertz CT molecular complexity index is 341. The van der Waals surface area contributed by atoms with Crippen molar-refractivity contribution in [3.63, 3.8) is 0 Å². The van der Waals surface area contributed by atoms with Crippen molar-refractivity contribution in [3.8, 4) is 0 Å². The normalized spacial score (nSPS) is 13.9. The lowest BCUT2D eigenvalue weighted by molar-refractivity contribution is -0.140. The summed E-state index contributed by atoms with van der Waals surface area (Å²) in [5, 5.41) is 11.6. The van der Waals surface area contributed by atoms with E-state index in [2.05, 4.69) is 5.32 Å². The molecule has 0 rings (SSSR count). The average molecular weight is 258 g/mol. The summed E-state index contributed by atoms with van der Waals surface area (Å²) in [5.74, 6) is -1.56. The second-order valence-electron chi connectivity index (χ2n) is 5.07. The average Bonchev–Trinajstić information content (AvgIpc) is 2.14. The van der Waals surface area contributed by atoms with Crippen LogP contribution < -0.4 is 5.32 Å². The van der Waals surface area contributed by atoms with Crippen molar-refractivity contribution in [2.75, 3.05) is 13.6 Å². The molecule has 0 radical (unpaired) electrons. The van der Waals surface area contributed by atoms with Gasteiger partial charge in [0.25, 0.3) is 0 Å². The molecule has 104 valence electrons. The summed E-state index contributed by atoms with van der Waals surface area (Å²) in [4.78, 5) is 34.9. The molecule has 0 aromatic rings. The maximum atomic E-state index is 11.8. The van der Waals surface area contributed by atoms with E-state index in [0.29, 0.717) is 0 Å². The smallest absolute Gasteiger partial charge is 0.305 e. The Morgan fingerprint density at radius 3 is 2.17 bits per heavy atom. The highest BCUT2D eigenvalue weighted by Gasteiger charge is 2.33. The Morgan fingerprint density at radius 2 is 1.83 bits per heavy atom. The van der Waals surface area contributed by atoms with E-state index in [-0.39, 0.29) is 30.7 Å². The first kappa shape index (κ1) is 16.4. The molecule has 0 aromatic heterocycles. The van der Waals surface area contributed by atoms with Crippen LogP contribution >= 0.6 is 0 Å². The minimum absolute atomic E-state index is 0.0276. The van der Waals surface area contributed by atoms with Crippen LogP contribution in [0.25, 0.3) is 0 Å². The number of hydrogen-bond donors (Lipinski definition) is 2. The molecular formula is C12H22N2O4. The van der Waals surface area contributed by atoms with Crippen LogP contribution in [-0.4, -0.2) is 46.9 Å². The Balaban J connectivity index is 4.65. The first-order valence-corrected chi connectivity index (χ1v) is 5.83. The summed E-state index contributed by atoms with van der Waals surface area (Å²) in [7, 11) is 1.52. The van der Waals surface area contributed by atoms with E-state index in [4.69, 9.17) is 5.11 Å². The van der Waals surface area contributed by atoms with Crippen LogP contribution in [0, 0.1) is 5.92 Å². The second-order valence-corrected chi connectivity index (χ2v) is 5.07. The number of carbonyl (C=O) groups is 3. The Kier molecular flexibility index (Phi) is 5.81. The van der Waals surface area contributed by atoms with Gasteiger partial charge in [0.1, 0.15) is 0 Å². The predicted octanol–water partition coefficient (Wildman–Crippen LogP) is 0.470. The van der Waals surface area contributed by atoms with E-state index in [1.807, 2.05) is 13.8 Å². The van der Waals surface area contributed by atoms with Crippen LogP contribution in [0.2, 0.25) is 0 Å². The van der Waals surface area contributed by atoms with Crippen LogP contribution in [0.5, 0.6) is 0 Å². The van der Waals surface area contributed by atoms with E-state index < -0.39 is 11.5 Å². The minimum atomic E-state index is -0.966. The van der Waals surface area contributed by atoms with Gasteiger partial charge in [0.05, 0.1) is 18.5 Å². The van der Waals surface area contributed by atoms with Crippen molar-refractivity contribution in [1.29, 1.82) is 0 Å². The lowest BCUT2D eigenvalue weighted by Crippen LogP contribution is -2.53. The molecule has 0 bridgehead atoms. The first-order chi connectivity index (χ1) is 8.08. The predicted molar refractivity (Wildman–Crippen MR) is 66.9 cm³/mol. The van der Waals surface area contributed by atoms with Crippen molar-refractivity contribution in [3.05, 3.63) is 0 Å². The van der Waals surface area contributed by atoms with Gasteiger partial charge in [-0.05, 0) is 12.8 Å². The quantitative estimate of drug-likeness (QED) is 0.725. The van der Waals surface area contributed by atoms with Crippen LogP contribution in [0.15, 0.2) is 0 Å². The molecule has 0 aromatic carbocycles. The van der Waals surface area contributed by atoms with Gasteiger partial charge in [-0.25, -0.2) is 0 Å². The Morgan fingerprint density at radius 1 is 1.33 bits per heavy atom. The summed E-state index contributed by atoms with van der Waals surface area (Å²) in [5.41, 5.74) is -0.819. The highest BCUT2D eigenvalue weighted by Crippen LogP contribution is 2.20. The molecule has 0 saturated carbocycles. The summed E-state index contributed by atoms with van der Waals surface area (Å²) in [6.07, 6.45) is -0.153. The summed E-state index contributed by atoms with van der Waals surface area (Å²) < 4.78 is 0. The molecule has 1 unspecified atom stereocenters. The molecule has 0 fully saturated rings. The van der Waals surface area contributed by atoms with E-state index >= 15 is 0 Å². The van der Waals surface area contributed by atoms with Crippen LogP contribution in [-0.2, 0) is 14.4 Å². The van der Waals surface area contributed by atoms with Gasteiger partial charge in [0, 0.05) is 14.0 Å². The number of hydrogen-bond acceptors (Lipinski definition) is 3. The van der Waals surface area contributed by atoms with Crippen LogP contribution in [0.3, 0.4) is 0 Å². The largest absolute Gasteiger partial charge is 0.481 e. The fraction of sp³-hybridized carbons (Fsp3) is 0.750. The summed E-state index contributed by atoms with van der Waals surface area (Å²) in [6.45, 7) is 6.68. The van der Waals surface area contributed by atoms with Gasteiger partial charge in [-0.15, -0.1) is 0 Å². The Labute approximate surface area is 107 Å². The second kappa shape index (κ2) is 6.37. The number of nitrogens with zero attached hydrogens (tertiary/aromatic N) is 1. The van der Waals surface area contributed by atoms with Gasteiger partial charge in [-0.2, -0.15) is 0 Å². The lowest BCUT2D eigenvalue weighted by atomic mass is 9.85. The van der Waals surface area contributed by atoms with E-state index in [9.17, 15) is 14.4 Å². The van der Waals surface area contributed by atoms with Gasteiger partial charge in [0.15, 0.2) is 0 Å². The molecule has 2 amide bonds. The third kappa shape index (κ3) is 5.16. The molecule has 0 aliphatic heterocycles. The topological polar surface area (TPSA) is 86.7 Å². The molecule has 0 aliphatic rings. The Hall–Kier alpha value is -1.59. The molecule has 18 heavy (non-hydrogen) atoms. The van der Waals surface area contributed by atoms with E-state index in [0.717, 1.165) is 0 Å². The molecule has 0 aliphatic carbocycles. The van der Waals surface area contributed by atoms with Crippen molar-refractivity contribution >= 4 is 17.8 Å². The van der Waals surface area contributed by atoms with Crippen LogP contribution in [0.4, 0.5) is 0 Å². The highest BCUT2D eigenvalue weighted by molar-refractivity contribution is 5.84. The summed E-state index contributed by atoms with van der Waals surface area (Å²) >= 11 is 0. The maximum Gasteiger partial charge on any atom is 0.305 e. The molecule has 2 N–H and O–H groups in total. The summed E-state index contributed by atoms with van der Waals surface area (Å²) in [6, 6.07) is 0. The number of nitrogens with one attached hydrogen (secondary N) is 1. The zero-order valence-electron chi connectivity index (χ0n) is 11.6. The third-order valence-electron chi connectivity index (χ3n) is 3.14. The van der Waals surface area contributed by atoms with Gasteiger partial charge < -0.3 is 15.3 Å². The SMILES string of the molecule is CC(=O)N(C)CC(=O)NC(C)(CC(=O)O)C(C)C. The number of carbonyl (C=O) groups excluding carboxylic acids is 2. The zero-order chi connectivity index (χ0) is 14.5. The molecule has 6 nitrogen and oxygen atoms in total. The monoisotopic (exact) mass is 258 g/mol. The zero-order valence-corrected chi connectivity index (χ0v) is 11.6. The number of carboxylic acid groups (broad SMARTS) is 1. The van der Waals surface area contributed by atoms with Crippen molar-refractivity contribution < 1.29 is 19.5 Å². The fourth-order valence-electron chi connectivity index (χ4n) is 1.39. The van der Waals surface area contributed by atoms with Gasteiger partial charge in [-0.3, -0.25) is 14.4 Å². The van der Waals surface area contributed by atoms with Crippen LogP contribution in [0.1, 0.15) is 34.1 Å². The van der Waals surface area contributed by atoms with Gasteiger partial charge in [0.2, 0.25) is 11.8 Å². The van der Waals surface area contributed by atoms with Gasteiger partial charge in [-0.1, -0.05) is 13.8 Å². The molecule has 6 heteroatoms. The van der Waals surface area contributed by atoms with Crippen molar-refractivity contribution in [2.45, 2.75) is 39.7 Å². The number of likely N-dealkylation sites (N-methyl/N-ethyl adjacent to an activating group) is 1. The van der Waals surface area contributed by atoms with E-state index in [1.54, 1.807) is 6.92 Å². The van der Waals surface area contributed by atoms with Crippen molar-refractivity contribution in [1.82, 2.24) is 10.2 Å². The first-order valence-electron chi connectivity index (χ1n) is 5.83. The van der Waals surface area contributed by atoms with Gasteiger partial charge >= 0.3 is 5.97 Å². The number of carboxylic acids is 1. The molecule has 0 spiro atoms. The third-order valence-corrected chi connectivity index (χ3v) is 3.14. The highest BCUT2D eigenvalue weighted by atomic mass is 16.4. The fourth-order valence-corrected chi connectivity index (χ4v) is 1.39. The number of aliphatic carboxylic acids is 1. The molecule has 0 saturated heterocycles. The number of rotatable bonds is 6. The maximum absolute atomic E-state index is 11.8. The molecular weight excluding hydrogens is 236 g/mol. The van der Waals surface area contributed by atoms with Crippen molar-refractivity contribution in [2.24, 2.45) is 5.92 Å². The molecule has 0 heterocycles. The minimum Gasteiger partial charge on any atom is -0.481 e. The standard InChI is InChI=1S/C12H22N2O4/c1-8(2)12(4,6-11(17)18)13-10(16)7-14(5)9(3)15/h8H,6-7H2,1-5H3,(H,13,16)(H,17,18). The number of amides is 2. The molecule has 1 atom stereocenters.